The molecule has 29 heavy (non-hydrogen) atoms. The fourth-order valence-electron chi connectivity index (χ4n) is 2.68. The Morgan fingerprint density at radius 1 is 1.07 bits per heavy atom. The Bertz CT molecular complexity index is 1040. The number of hydrogen-bond acceptors (Lipinski definition) is 5. The Morgan fingerprint density at radius 2 is 1.69 bits per heavy atom. The number of rotatable bonds is 5. The van der Waals surface area contributed by atoms with E-state index in [9.17, 15) is 9.59 Å². The lowest BCUT2D eigenvalue weighted by Crippen LogP contribution is -2.35. The first-order valence-corrected chi connectivity index (χ1v) is 9.53. The number of halogens is 1. The van der Waals surface area contributed by atoms with Crippen molar-refractivity contribution in [2.75, 3.05) is 12.0 Å². The highest BCUT2D eigenvalue weighted by Crippen LogP contribution is 2.25. The van der Waals surface area contributed by atoms with E-state index in [1.54, 1.807) is 19.5 Å². The van der Waals surface area contributed by atoms with Gasteiger partial charge in [0.1, 0.15) is 5.75 Å². The third-order valence-electron chi connectivity index (χ3n) is 4.09. The lowest BCUT2D eigenvalue weighted by atomic mass is 10.2. The van der Waals surface area contributed by atoms with E-state index in [4.69, 9.17) is 4.74 Å². The highest BCUT2D eigenvalue weighted by Gasteiger charge is 2.23. The highest BCUT2D eigenvalue weighted by molar-refractivity contribution is 9.10. The van der Waals surface area contributed by atoms with Crippen molar-refractivity contribution < 1.29 is 14.3 Å². The summed E-state index contributed by atoms with van der Waals surface area (Å²) in [6, 6.07) is 14.9. The van der Waals surface area contributed by atoms with Gasteiger partial charge in [-0.2, -0.15) is 5.10 Å². The molecule has 0 spiro atoms. The van der Waals surface area contributed by atoms with Gasteiger partial charge in [0.25, 0.3) is 0 Å². The first-order chi connectivity index (χ1) is 13.9. The van der Waals surface area contributed by atoms with Crippen LogP contribution in [0.15, 0.2) is 64.3 Å². The molecular weight excluding hydrogens is 436 g/mol. The van der Waals surface area contributed by atoms with Crippen LogP contribution in [0.3, 0.4) is 0 Å². The van der Waals surface area contributed by atoms with Crippen molar-refractivity contribution in [1.82, 2.24) is 9.66 Å². The number of benzene rings is 2. The topological polar surface area (TPSA) is 76.8 Å². The summed E-state index contributed by atoms with van der Waals surface area (Å²) in [5, 5.41) is 4.41. The van der Waals surface area contributed by atoms with Crippen LogP contribution in [0.25, 0.3) is 11.3 Å². The minimum absolute atomic E-state index is 0.132. The summed E-state index contributed by atoms with van der Waals surface area (Å²) in [5.74, 6) is -0.00674. The molecule has 148 valence electrons. The zero-order chi connectivity index (χ0) is 21.0. The van der Waals surface area contributed by atoms with Gasteiger partial charge in [-0.05, 0) is 42.0 Å². The number of aromatic nitrogens is 2. The summed E-state index contributed by atoms with van der Waals surface area (Å²) in [4.78, 5) is 29.6. The second-order valence-electron chi connectivity index (χ2n) is 6.17. The number of imidazole rings is 1. The van der Waals surface area contributed by atoms with Gasteiger partial charge in [0.15, 0.2) is 0 Å². The number of hydrogen-bond donors (Lipinski definition) is 0. The quantitative estimate of drug-likeness (QED) is 0.543. The van der Waals surface area contributed by atoms with Crippen LogP contribution < -0.4 is 9.64 Å². The van der Waals surface area contributed by atoms with Crippen molar-refractivity contribution in [3.63, 3.8) is 0 Å². The molecule has 0 aliphatic heterocycles. The molecule has 1 aromatic heterocycles. The van der Waals surface area contributed by atoms with Gasteiger partial charge in [-0.25, -0.2) is 14.6 Å². The van der Waals surface area contributed by atoms with Gasteiger partial charge in [-0.1, -0.05) is 28.1 Å². The van der Waals surface area contributed by atoms with Crippen LogP contribution in [0.5, 0.6) is 5.75 Å². The number of carbonyl (C=O) groups excluding carboxylic acids is 2. The fraction of sp³-hybridized carbons (Fsp3) is 0.143. The Labute approximate surface area is 176 Å². The van der Waals surface area contributed by atoms with Gasteiger partial charge < -0.3 is 4.74 Å². The van der Waals surface area contributed by atoms with E-state index < -0.39 is 11.8 Å². The predicted octanol–water partition coefficient (Wildman–Crippen LogP) is 4.10. The van der Waals surface area contributed by atoms with Gasteiger partial charge in [0.05, 0.1) is 25.2 Å². The van der Waals surface area contributed by atoms with Gasteiger partial charge in [0, 0.05) is 23.9 Å². The number of carbonyl (C=O) groups is 2. The van der Waals surface area contributed by atoms with Crippen molar-refractivity contribution in [2.45, 2.75) is 13.8 Å². The zero-order valence-electron chi connectivity index (χ0n) is 16.2. The summed E-state index contributed by atoms with van der Waals surface area (Å²) in [5.41, 5.74) is 2.25. The standard InChI is InChI=1S/C21H19BrN4O3/c1-14(27)26(15(2)28)21-24-20(17-6-8-18(22)9-7-17)13-25(21)23-12-16-4-10-19(29-3)11-5-16/h4-13H,1-3H3/b23-12+. The van der Waals surface area contributed by atoms with E-state index in [1.165, 1.54) is 18.5 Å². The molecule has 0 saturated carbocycles. The number of ether oxygens (including phenoxy) is 1. The minimum atomic E-state index is -0.439. The molecule has 0 aliphatic carbocycles. The SMILES string of the molecule is COc1ccc(/C=N/n2cc(-c3ccc(Br)cc3)nc2N(C(C)=O)C(C)=O)cc1. The van der Waals surface area contributed by atoms with Gasteiger partial charge in [-0.15, -0.1) is 0 Å². The third-order valence-corrected chi connectivity index (χ3v) is 4.62. The molecule has 2 aromatic carbocycles. The van der Waals surface area contributed by atoms with Crippen molar-refractivity contribution in [1.29, 1.82) is 0 Å². The van der Waals surface area contributed by atoms with E-state index in [0.717, 1.165) is 26.2 Å². The molecule has 0 bridgehead atoms. The summed E-state index contributed by atoms with van der Waals surface area (Å²) in [6.07, 6.45) is 3.30. The maximum atomic E-state index is 12.1. The van der Waals surface area contributed by atoms with Crippen molar-refractivity contribution in [3.8, 4) is 17.0 Å². The molecular formula is C21H19BrN4O3. The Kier molecular flexibility index (Phi) is 6.23. The summed E-state index contributed by atoms with van der Waals surface area (Å²) >= 11 is 3.40. The summed E-state index contributed by atoms with van der Waals surface area (Å²) in [6.45, 7) is 2.62. The number of amides is 2. The smallest absolute Gasteiger partial charge is 0.241 e. The summed E-state index contributed by atoms with van der Waals surface area (Å²) in [7, 11) is 1.60. The molecule has 0 radical (unpaired) electrons. The van der Waals surface area contributed by atoms with Crippen molar-refractivity contribution in [3.05, 3.63) is 64.8 Å². The summed E-state index contributed by atoms with van der Waals surface area (Å²) < 4.78 is 7.51. The minimum Gasteiger partial charge on any atom is -0.497 e. The molecule has 7 nitrogen and oxygen atoms in total. The predicted molar refractivity (Wildman–Crippen MR) is 115 cm³/mol. The molecule has 0 unspecified atom stereocenters. The molecule has 0 fully saturated rings. The number of imide groups is 1. The number of nitrogens with zero attached hydrogens (tertiary/aromatic N) is 4. The van der Waals surface area contributed by atoms with Crippen molar-refractivity contribution >= 4 is 39.9 Å². The molecule has 0 aliphatic rings. The first-order valence-electron chi connectivity index (χ1n) is 8.74. The lowest BCUT2D eigenvalue weighted by molar-refractivity contribution is -0.124. The van der Waals surface area contributed by atoms with Crippen LogP contribution in [-0.2, 0) is 9.59 Å². The normalized spacial score (nSPS) is 10.9. The molecule has 8 heteroatoms. The first kappa shape index (κ1) is 20.5. The largest absolute Gasteiger partial charge is 0.497 e. The van der Waals surface area contributed by atoms with Crippen LogP contribution >= 0.6 is 15.9 Å². The Balaban J connectivity index is 2.04. The molecule has 0 atom stereocenters. The van der Waals surface area contributed by atoms with Crippen LogP contribution in [0.4, 0.5) is 5.95 Å². The Morgan fingerprint density at radius 3 is 2.24 bits per heavy atom. The molecule has 0 saturated heterocycles. The second kappa shape index (κ2) is 8.83. The second-order valence-corrected chi connectivity index (χ2v) is 7.08. The monoisotopic (exact) mass is 454 g/mol. The third kappa shape index (κ3) is 4.78. The molecule has 3 aromatic rings. The molecule has 1 heterocycles. The molecule has 0 N–H and O–H groups in total. The van der Waals surface area contributed by atoms with E-state index in [0.29, 0.717) is 5.69 Å². The average molecular weight is 455 g/mol. The number of methoxy groups -OCH3 is 1. The lowest BCUT2D eigenvalue weighted by Gasteiger charge is -2.15. The Hall–Kier alpha value is -3.26. The highest BCUT2D eigenvalue weighted by atomic mass is 79.9. The van der Waals surface area contributed by atoms with E-state index >= 15 is 0 Å². The van der Waals surface area contributed by atoms with Gasteiger partial charge in [-0.3, -0.25) is 9.59 Å². The van der Waals surface area contributed by atoms with Crippen LogP contribution in [0.2, 0.25) is 0 Å². The van der Waals surface area contributed by atoms with Crippen LogP contribution in [-0.4, -0.2) is 34.8 Å². The van der Waals surface area contributed by atoms with E-state index in [-0.39, 0.29) is 5.95 Å². The van der Waals surface area contributed by atoms with Gasteiger partial charge >= 0.3 is 0 Å². The van der Waals surface area contributed by atoms with Crippen LogP contribution in [0, 0.1) is 0 Å². The van der Waals surface area contributed by atoms with Gasteiger partial charge in [0.2, 0.25) is 17.8 Å². The average Bonchev–Trinajstić information content (AvgIpc) is 3.10. The fourth-order valence-corrected chi connectivity index (χ4v) is 2.95. The van der Waals surface area contributed by atoms with Crippen molar-refractivity contribution in [2.24, 2.45) is 5.10 Å². The zero-order valence-corrected chi connectivity index (χ0v) is 17.8. The van der Waals surface area contributed by atoms with E-state index in [1.807, 2.05) is 48.5 Å². The molecule has 3 rings (SSSR count). The maximum absolute atomic E-state index is 12.1. The number of anilines is 1. The maximum Gasteiger partial charge on any atom is 0.241 e. The van der Waals surface area contributed by atoms with Crippen LogP contribution in [0.1, 0.15) is 19.4 Å². The molecule has 2 amide bonds. The van der Waals surface area contributed by atoms with E-state index in [2.05, 4.69) is 26.0 Å².